The van der Waals surface area contributed by atoms with Gasteiger partial charge >= 0.3 is 6.02 Å². The second-order valence-electron chi connectivity index (χ2n) is 9.96. The Morgan fingerprint density at radius 3 is 1.86 bits per heavy atom. The molecule has 37 heavy (non-hydrogen) atoms. The molecule has 0 N–H and O–H groups in total. The summed E-state index contributed by atoms with van der Waals surface area (Å²) in [5.41, 5.74) is 6.60. The molecule has 1 aliphatic heterocycles. The van der Waals surface area contributed by atoms with Gasteiger partial charge in [-0.2, -0.15) is 0 Å². The summed E-state index contributed by atoms with van der Waals surface area (Å²) in [4.78, 5) is 21.7. The molecule has 0 radical (unpaired) electrons. The molecule has 1 heterocycles. The van der Waals surface area contributed by atoms with Gasteiger partial charge in [0.05, 0.1) is 6.04 Å². The maximum atomic E-state index is 13.0. The lowest BCUT2D eigenvalue weighted by Crippen LogP contribution is -2.30. The number of likely N-dealkylation sites (N-methyl/N-ethyl adjacent to an activating group) is 1. The molecule has 0 bridgehead atoms. The number of carbonyl (C=O) groups excluding carboxylic acids is 1. The summed E-state index contributed by atoms with van der Waals surface area (Å²) in [5.74, 6) is 0.208. The van der Waals surface area contributed by atoms with E-state index in [4.69, 9.17) is 9.73 Å². The third-order valence-corrected chi connectivity index (χ3v) is 7.11. The van der Waals surface area contributed by atoms with Gasteiger partial charge in [-0.05, 0) is 81.7 Å². The number of hydrogen-bond donors (Lipinski definition) is 0. The molecule has 1 aliphatic carbocycles. The minimum Gasteiger partial charge on any atom is -0.420 e. The van der Waals surface area contributed by atoms with Gasteiger partial charge in [0, 0.05) is 23.6 Å². The van der Waals surface area contributed by atoms with Crippen molar-refractivity contribution in [2.75, 3.05) is 11.4 Å². The van der Waals surface area contributed by atoms with Crippen LogP contribution in [-0.4, -0.2) is 29.4 Å². The number of rotatable bonds is 6. The lowest BCUT2D eigenvalue weighted by Gasteiger charge is -2.25. The SMILES string of the molecule is CCN1C(=O)/C(=C\c2ccc(N(c3ccc(C)cc3)c3ccc(C)cc3)cc2)O/C1=N/C1CCCCC1. The fraction of sp³-hybridized carbons (Fsp3) is 0.312. The summed E-state index contributed by atoms with van der Waals surface area (Å²) in [5, 5.41) is 0. The van der Waals surface area contributed by atoms with Crippen molar-refractivity contribution in [1.82, 2.24) is 4.90 Å². The largest absolute Gasteiger partial charge is 0.420 e. The van der Waals surface area contributed by atoms with Gasteiger partial charge < -0.3 is 9.64 Å². The zero-order valence-corrected chi connectivity index (χ0v) is 22.0. The first kappa shape index (κ1) is 24.8. The second kappa shape index (κ2) is 11.0. The number of hydrogen-bond acceptors (Lipinski definition) is 4. The Hall–Kier alpha value is -3.86. The van der Waals surface area contributed by atoms with Gasteiger partial charge in [-0.25, -0.2) is 4.99 Å². The Kier molecular flexibility index (Phi) is 7.40. The molecule has 0 atom stereocenters. The molecular weight excluding hydrogens is 458 g/mol. The van der Waals surface area contributed by atoms with E-state index < -0.39 is 0 Å². The predicted octanol–water partition coefficient (Wildman–Crippen LogP) is 7.68. The average molecular weight is 494 g/mol. The average Bonchev–Trinajstić information content (AvgIpc) is 3.21. The Balaban J connectivity index is 1.41. The number of aliphatic imine (C=N–C) groups is 1. The lowest BCUT2D eigenvalue weighted by atomic mass is 9.96. The van der Waals surface area contributed by atoms with Crippen molar-refractivity contribution in [2.24, 2.45) is 4.99 Å². The fourth-order valence-electron chi connectivity index (χ4n) is 4.96. The first-order valence-corrected chi connectivity index (χ1v) is 13.3. The first-order chi connectivity index (χ1) is 18.0. The zero-order valence-electron chi connectivity index (χ0n) is 22.0. The normalized spacial score (nSPS) is 18.5. The van der Waals surface area contributed by atoms with Crippen LogP contribution in [0.3, 0.4) is 0 Å². The van der Waals surface area contributed by atoms with E-state index >= 15 is 0 Å². The molecule has 1 saturated heterocycles. The van der Waals surface area contributed by atoms with Crippen LogP contribution in [0, 0.1) is 13.8 Å². The van der Waals surface area contributed by atoms with E-state index in [1.165, 1.54) is 30.4 Å². The summed E-state index contributed by atoms with van der Waals surface area (Å²) < 4.78 is 6.00. The number of amidine groups is 1. The summed E-state index contributed by atoms with van der Waals surface area (Å²) >= 11 is 0. The molecule has 5 nitrogen and oxygen atoms in total. The maximum Gasteiger partial charge on any atom is 0.300 e. The van der Waals surface area contributed by atoms with Crippen molar-refractivity contribution >= 4 is 35.1 Å². The van der Waals surface area contributed by atoms with E-state index in [2.05, 4.69) is 79.4 Å². The minimum absolute atomic E-state index is 0.123. The van der Waals surface area contributed by atoms with Crippen LogP contribution in [0.5, 0.6) is 0 Å². The van der Waals surface area contributed by atoms with Gasteiger partial charge in [-0.1, -0.05) is 66.8 Å². The van der Waals surface area contributed by atoms with Crippen molar-refractivity contribution < 1.29 is 9.53 Å². The molecule has 0 unspecified atom stereocenters. The molecule has 5 rings (SSSR count). The van der Waals surface area contributed by atoms with Crippen LogP contribution in [0.15, 0.2) is 83.5 Å². The Morgan fingerprint density at radius 2 is 1.35 bits per heavy atom. The van der Waals surface area contributed by atoms with E-state index in [-0.39, 0.29) is 11.9 Å². The van der Waals surface area contributed by atoms with E-state index in [1.807, 2.05) is 25.1 Å². The summed E-state index contributed by atoms with van der Waals surface area (Å²) in [6.45, 7) is 6.70. The summed E-state index contributed by atoms with van der Waals surface area (Å²) in [6, 6.07) is 26.0. The zero-order chi connectivity index (χ0) is 25.8. The van der Waals surface area contributed by atoms with Crippen molar-refractivity contribution in [2.45, 2.75) is 58.9 Å². The highest BCUT2D eigenvalue weighted by Crippen LogP contribution is 2.35. The van der Waals surface area contributed by atoms with Gasteiger partial charge in [-0.15, -0.1) is 0 Å². The molecule has 1 saturated carbocycles. The van der Waals surface area contributed by atoms with E-state index in [9.17, 15) is 4.79 Å². The Morgan fingerprint density at radius 1 is 0.838 bits per heavy atom. The molecule has 2 fully saturated rings. The van der Waals surface area contributed by atoms with Gasteiger partial charge in [0.2, 0.25) is 0 Å². The van der Waals surface area contributed by atoms with Crippen molar-refractivity contribution in [3.8, 4) is 0 Å². The van der Waals surface area contributed by atoms with Crippen LogP contribution < -0.4 is 4.90 Å². The number of benzene rings is 3. The number of nitrogens with zero attached hydrogens (tertiary/aromatic N) is 3. The van der Waals surface area contributed by atoms with Crippen molar-refractivity contribution in [1.29, 1.82) is 0 Å². The smallest absolute Gasteiger partial charge is 0.300 e. The summed E-state index contributed by atoms with van der Waals surface area (Å²) in [7, 11) is 0. The van der Waals surface area contributed by atoms with Crippen LogP contribution >= 0.6 is 0 Å². The molecular formula is C32H35N3O2. The molecule has 3 aromatic rings. The van der Waals surface area contributed by atoms with Crippen LogP contribution in [0.1, 0.15) is 55.7 Å². The highest BCUT2D eigenvalue weighted by atomic mass is 16.5. The summed E-state index contributed by atoms with van der Waals surface area (Å²) in [6.07, 6.45) is 7.61. The topological polar surface area (TPSA) is 45.1 Å². The van der Waals surface area contributed by atoms with Gasteiger partial charge in [-0.3, -0.25) is 9.69 Å². The third-order valence-electron chi connectivity index (χ3n) is 7.11. The highest BCUT2D eigenvalue weighted by molar-refractivity contribution is 6.11. The second-order valence-corrected chi connectivity index (χ2v) is 9.96. The maximum absolute atomic E-state index is 13.0. The number of amides is 1. The number of aryl methyl sites for hydroxylation is 2. The Labute approximate surface area is 220 Å². The highest BCUT2D eigenvalue weighted by Gasteiger charge is 2.34. The van der Waals surface area contributed by atoms with Crippen LogP contribution in [0.4, 0.5) is 17.1 Å². The standard InChI is InChI=1S/C32H35N3O2/c1-4-34-31(36)30(37-32(34)33-26-8-6-5-7-9-26)22-25-14-20-29(21-15-25)35(27-16-10-23(2)11-17-27)28-18-12-24(3)13-19-28/h10-22,26H,4-9H2,1-3H3/b30-22+,33-32+. The van der Waals surface area contributed by atoms with E-state index in [0.29, 0.717) is 18.3 Å². The van der Waals surface area contributed by atoms with Crippen molar-refractivity contribution in [3.63, 3.8) is 0 Å². The van der Waals surface area contributed by atoms with Gasteiger partial charge in [0.1, 0.15) is 0 Å². The fourth-order valence-corrected chi connectivity index (χ4v) is 4.96. The minimum atomic E-state index is -0.123. The quantitative estimate of drug-likeness (QED) is 0.331. The van der Waals surface area contributed by atoms with Crippen LogP contribution in [0.2, 0.25) is 0 Å². The number of carbonyl (C=O) groups is 1. The molecule has 1 amide bonds. The van der Waals surface area contributed by atoms with Crippen LogP contribution in [0.25, 0.3) is 6.08 Å². The monoisotopic (exact) mass is 493 g/mol. The molecule has 2 aliphatic rings. The van der Waals surface area contributed by atoms with Gasteiger partial charge in [0.25, 0.3) is 5.91 Å². The molecule has 3 aromatic carbocycles. The Bertz CT molecular complexity index is 1240. The predicted molar refractivity (Wildman–Crippen MR) is 151 cm³/mol. The first-order valence-electron chi connectivity index (χ1n) is 13.3. The van der Waals surface area contributed by atoms with Crippen molar-refractivity contribution in [3.05, 3.63) is 95.2 Å². The molecule has 5 heteroatoms. The number of ether oxygens (including phenoxy) is 1. The van der Waals surface area contributed by atoms with Gasteiger partial charge in [0.15, 0.2) is 5.76 Å². The molecule has 0 aromatic heterocycles. The molecule has 0 spiro atoms. The van der Waals surface area contributed by atoms with Crippen LogP contribution in [-0.2, 0) is 9.53 Å². The number of anilines is 3. The van der Waals surface area contributed by atoms with E-state index in [1.54, 1.807) is 4.90 Å². The third kappa shape index (κ3) is 5.61. The lowest BCUT2D eigenvalue weighted by molar-refractivity contribution is -0.122. The van der Waals surface area contributed by atoms with E-state index in [0.717, 1.165) is 35.5 Å². The molecule has 190 valence electrons.